The zero-order chi connectivity index (χ0) is 17.1. The van der Waals surface area contributed by atoms with Crippen molar-refractivity contribution >= 4 is 0 Å². The molecule has 0 aliphatic heterocycles. The van der Waals surface area contributed by atoms with Crippen LogP contribution < -0.4 is 0 Å². The minimum absolute atomic E-state index is 0.149. The molecule has 6 nitrogen and oxygen atoms in total. The van der Waals surface area contributed by atoms with E-state index in [-0.39, 0.29) is 11.0 Å². The highest BCUT2D eigenvalue weighted by molar-refractivity contribution is 5.22. The topological polar surface area (TPSA) is 61.4 Å². The Balaban J connectivity index is 1.58. The van der Waals surface area contributed by atoms with Crippen LogP contribution in [-0.2, 0) is 17.5 Å². The van der Waals surface area contributed by atoms with E-state index in [1.807, 2.05) is 13.3 Å². The van der Waals surface area contributed by atoms with Crippen LogP contribution in [0.15, 0.2) is 12.7 Å². The van der Waals surface area contributed by atoms with Crippen LogP contribution in [0.4, 0.5) is 0 Å². The first kappa shape index (κ1) is 15.5. The quantitative estimate of drug-likeness (QED) is 0.838. The predicted octanol–water partition coefficient (Wildman–Crippen LogP) is 3.23. The van der Waals surface area contributed by atoms with Gasteiger partial charge in [-0.05, 0) is 63.7 Å². The Bertz CT molecular complexity index is 747. The van der Waals surface area contributed by atoms with Gasteiger partial charge >= 0.3 is 0 Å². The van der Waals surface area contributed by atoms with E-state index in [9.17, 15) is 0 Å². The summed E-state index contributed by atoms with van der Waals surface area (Å²) in [4.78, 5) is 9.23. The molecule has 0 saturated heterocycles. The van der Waals surface area contributed by atoms with Crippen molar-refractivity contribution in [2.75, 3.05) is 0 Å². The monoisotopic (exact) mass is 340 g/mol. The van der Waals surface area contributed by atoms with Crippen molar-refractivity contribution in [3.63, 3.8) is 0 Å². The highest BCUT2D eigenvalue weighted by Crippen LogP contribution is 2.64. The molecular formula is C19H28N6. The zero-order valence-corrected chi connectivity index (χ0v) is 15.4. The van der Waals surface area contributed by atoms with Gasteiger partial charge < -0.3 is 0 Å². The van der Waals surface area contributed by atoms with Crippen molar-refractivity contribution in [3.8, 4) is 0 Å². The molecule has 4 atom stereocenters. The maximum Gasteiger partial charge on any atom is 0.147 e. The lowest BCUT2D eigenvalue weighted by atomic mass is 9.46. The molecule has 25 heavy (non-hydrogen) atoms. The van der Waals surface area contributed by atoms with Gasteiger partial charge in [-0.25, -0.2) is 19.3 Å². The molecule has 2 aromatic heterocycles. The lowest BCUT2D eigenvalue weighted by Crippen LogP contribution is -2.59. The molecule has 0 spiro atoms. The third-order valence-electron chi connectivity index (χ3n) is 6.91. The van der Waals surface area contributed by atoms with E-state index in [0.717, 1.165) is 30.6 Å². The maximum atomic E-state index is 4.97. The molecule has 4 fully saturated rings. The van der Waals surface area contributed by atoms with Gasteiger partial charge in [0.25, 0.3) is 0 Å². The highest BCUT2D eigenvalue weighted by atomic mass is 15.4. The molecule has 134 valence electrons. The average Bonchev–Trinajstić information content (AvgIpc) is 3.22. The number of unbranched alkanes of at least 4 members (excludes halogenated alkanes) is 1. The van der Waals surface area contributed by atoms with Crippen LogP contribution in [0.25, 0.3) is 0 Å². The van der Waals surface area contributed by atoms with Crippen LogP contribution in [0, 0.1) is 18.8 Å². The van der Waals surface area contributed by atoms with E-state index in [2.05, 4.69) is 26.4 Å². The molecule has 2 unspecified atom stereocenters. The summed E-state index contributed by atoms with van der Waals surface area (Å²) in [7, 11) is 0. The third kappa shape index (κ3) is 2.29. The van der Waals surface area contributed by atoms with Crippen molar-refractivity contribution in [2.45, 2.75) is 82.7 Å². The number of nitrogens with zero attached hydrogens (tertiary/aromatic N) is 6. The first-order valence-corrected chi connectivity index (χ1v) is 9.89. The predicted molar refractivity (Wildman–Crippen MR) is 94.0 cm³/mol. The first-order valence-electron chi connectivity index (χ1n) is 9.89. The van der Waals surface area contributed by atoms with Crippen LogP contribution in [0.5, 0.6) is 0 Å². The summed E-state index contributed by atoms with van der Waals surface area (Å²) < 4.78 is 4.42. The van der Waals surface area contributed by atoms with Crippen molar-refractivity contribution < 1.29 is 0 Å². The van der Waals surface area contributed by atoms with E-state index in [1.165, 1.54) is 50.8 Å². The van der Waals surface area contributed by atoms with Gasteiger partial charge in [-0.2, -0.15) is 10.2 Å². The molecule has 6 heteroatoms. The number of rotatable bonds is 5. The van der Waals surface area contributed by atoms with Gasteiger partial charge in [-0.3, -0.25) is 0 Å². The second kappa shape index (κ2) is 5.39. The molecule has 4 bridgehead atoms. The fourth-order valence-electron chi connectivity index (χ4n) is 6.51. The Hall–Kier alpha value is -1.72. The normalized spacial score (nSPS) is 36.2. The summed E-state index contributed by atoms with van der Waals surface area (Å²) in [5.74, 6) is 3.78. The fraction of sp³-hybridized carbons (Fsp3) is 0.789. The van der Waals surface area contributed by atoms with Crippen LogP contribution in [0.2, 0.25) is 0 Å². The Kier molecular flexibility index (Phi) is 3.35. The second-order valence-corrected chi connectivity index (χ2v) is 8.87. The van der Waals surface area contributed by atoms with Crippen molar-refractivity contribution in [1.82, 2.24) is 29.5 Å². The van der Waals surface area contributed by atoms with Crippen molar-refractivity contribution in [1.29, 1.82) is 0 Å². The van der Waals surface area contributed by atoms with Crippen LogP contribution in [0.1, 0.15) is 69.9 Å². The molecule has 4 saturated carbocycles. The Labute approximate surface area is 149 Å². The molecule has 4 aliphatic carbocycles. The summed E-state index contributed by atoms with van der Waals surface area (Å²) in [5.41, 5.74) is 0.334. The number of hydrogen-bond acceptors (Lipinski definition) is 4. The summed E-state index contributed by atoms with van der Waals surface area (Å²) in [6.45, 7) is 5.29. The van der Waals surface area contributed by atoms with Crippen LogP contribution in [0.3, 0.4) is 0 Å². The van der Waals surface area contributed by atoms with E-state index in [0.29, 0.717) is 0 Å². The Morgan fingerprint density at radius 3 is 2.68 bits per heavy atom. The summed E-state index contributed by atoms with van der Waals surface area (Å²) in [6, 6.07) is 0. The Morgan fingerprint density at radius 2 is 2.00 bits per heavy atom. The van der Waals surface area contributed by atoms with Gasteiger partial charge in [0.15, 0.2) is 0 Å². The van der Waals surface area contributed by atoms with Gasteiger partial charge in [-0.15, -0.1) is 0 Å². The zero-order valence-electron chi connectivity index (χ0n) is 15.4. The van der Waals surface area contributed by atoms with Gasteiger partial charge in [0.05, 0.1) is 5.54 Å². The lowest BCUT2D eigenvalue weighted by molar-refractivity contribution is -0.0730. The summed E-state index contributed by atoms with van der Waals surface area (Å²) in [5, 5.41) is 9.33. The summed E-state index contributed by atoms with van der Waals surface area (Å²) >= 11 is 0. The minimum atomic E-state index is 0.149. The Morgan fingerprint density at radius 1 is 1.20 bits per heavy atom. The SMILES string of the molecule is CCCCn1nc(C)nc1C12C[C@H]3C[C@@H](C1)CC(n1cncn1)(C3)C2. The maximum absolute atomic E-state index is 4.97. The standard InChI is InChI=1S/C19H28N6/c1-3-4-5-24-17(22-14(2)23-24)18-7-15-6-16(8-18)10-19(9-15,11-18)25-13-20-12-21-25/h12-13,15-16H,3-11H2,1-2H3/t15-,16+,18?,19?. The molecule has 0 N–H and O–H groups in total. The third-order valence-corrected chi connectivity index (χ3v) is 6.91. The lowest BCUT2D eigenvalue weighted by Gasteiger charge is -2.61. The number of aryl methyl sites for hydroxylation is 2. The molecular weight excluding hydrogens is 312 g/mol. The average molecular weight is 340 g/mol. The van der Waals surface area contributed by atoms with E-state index < -0.39 is 0 Å². The van der Waals surface area contributed by atoms with Gasteiger partial charge in [0.2, 0.25) is 0 Å². The van der Waals surface area contributed by atoms with Gasteiger partial charge in [0, 0.05) is 12.0 Å². The molecule has 6 rings (SSSR count). The molecule has 2 aromatic rings. The smallest absolute Gasteiger partial charge is 0.147 e. The minimum Gasteiger partial charge on any atom is -0.249 e. The molecule has 0 aromatic carbocycles. The number of aromatic nitrogens is 6. The van der Waals surface area contributed by atoms with E-state index >= 15 is 0 Å². The van der Waals surface area contributed by atoms with Crippen LogP contribution >= 0.6 is 0 Å². The van der Waals surface area contributed by atoms with Crippen molar-refractivity contribution in [2.24, 2.45) is 11.8 Å². The molecule has 2 heterocycles. The summed E-state index contributed by atoms with van der Waals surface area (Å²) in [6.07, 6.45) is 13.6. The second-order valence-electron chi connectivity index (χ2n) is 8.87. The van der Waals surface area contributed by atoms with Crippen molar-refractivity contribution in [3.05, 3.63) is 24.3 Å². The largest absolute Gasteiger partial charge is 0.249 e. The molecule has 4 aliphatic rings. The highest BCUT2D eigenvalue weighted by Gasteiger charge is 2.61. The van der Waals surface area contributed by atoms with Crippen LogP contribution in [-0.4, -0.2) is 29.5 Å². The first-order chi connectivity index (χ1) is 12.1. The molecule has 0 radical (unpaired) electrons. The van der Waals surface area contributed by atoms with Gasteiger partial charge in [0.1, 0.15) is 24.3 Å². The number of hydrogen-bond donors (Lipinski definition) is 0. The fourth-order valence-corrected chi connectivity index (χ4v) is 6.51. The van der Waals surface area contributed by atoms with E-state index in [4.69, 9.17) is 10.1 Å². The molecule has 0 amide bonds. The van der Waals surface area contributed by atoms with Gasteiger partial charge in [-0.1, -0.05) is 13.3 Å². The van der Waals surface area contributed by atoms with E-state index in [1.54, 1.807) is 6.33 Å².